The van der Waals surface area contributed by atoms with E-state index in [2.05, 4.69) is 10.6 Å². The largest absolute Gasteiger partial charge is 0.494 e. The molecule has 1 atom stereocenters. The van der Waals surface area contributed by atoms with Crippen LogP contribution in [0.4, 0.5) is 4.79 Å². The number of benzene rings is 1. The lowest BCUT2D eigenvalue weighted by Gasteiger charge is -2.13. The van der Waals surface area contributed by atoms with Gasteiger partial charge in [-0.25, -0.2) is 4.79 Å². The van der Waals surface area contributed by atoms with Crippen molar-refractivity contribution >= 4 is 6.03 Å². The standard InChI is InChI=1S/C13H20N2O3/c1-3-18-12-7-5-4-6-11(12)8-14-13(17)15-10(2)9-16/h4-7,10,16H,3,8-9H2,1-2H3,(H2,14,15,17)/t10-/m0/s1. The van der Waals surface area contributed by atoms with E-state index in [1.807, 2.05) is 31.2 Å². The summed E-state index contributed by atoms with van der Waals surface area (Å²) in [6, 6.07) is 7.00. The van der Waals surface area contributed by atoms with E-state index in [0.29, 0.717) is 13.2 Å². The first-order valence-electron chi connectivity index (χ1n) is 6.03. The molecule has 0 aromatic heterocycles. The summed E-state index contributed by atoms with van der Waals surface area (Å²) in [5, 5.41) is 14.2. The number of carbonyl (C=O) groups excluding carboxylic acids is 1. The van der Waals surface area contributed by atoms with Gasteiger partial charge in [0, 0.05) is 12.1 Å². The number of aliphatic hydroxyl groups excluding tert-OH is 1. The fraction of sp³-hybridized carbons (Fsp3) is 0.462. The molecule has 1 aromatic rings. The summed E-state index contributed by atoms with van der Waals surface area (Å²) in [4.78, 5) is 11.5. The number of urea groups is 1. The number of carbonyl (C=O) groups is 1. The number of hydrogen-bond donors (Lipinski definition) is 3. The molecule has 3 N–H and O–H groups in total. The van der Waals surface area contributed by atoms with Gasteiger partial charge in [-0.3, -0.25) is 0 Å². The number of para-hydroxylation sites is 1. The molecule has 2 amide bonds. The zero-order valence-electron chi connectivity index (χ0n) is 10.8. The van der Waals surface area contributed by atoms with Gasteiger partial charge in [0.2, 0.25) is 0 Å². The molecule has 0 spiro atoms. The van der Waals surface area contributed by atoms with Gasteiger partial charge in [0.15, 0.2) is 0 Å². The minimum atomic E-state index is -0.303. The van der Waals surface area contributed by atoms with Gasteiger partial charge in [-0.05, 0) is 19.9 Å². The van der Waals surface area contributed by atoms with Crippen molar-refractivity contribution in [2.75, 3.05) is 13.2 Å². The van der Waals surface area contributed by atoms with Crippen molar-refractivity contribution in [3.63, 3.8) is 0 Å². The van der Waals surface area contributed by atoms with E-state index in [1.165, 1.54) is 0 Å². The molecule has 0 saturated heterocycles. The van der Waals surface area contributed by atoms with E-state index < -0.39 is 0 Å². The molecule has 0 unspecified atom stereocenters. The van der Waals surface area contributed by atoms with Gasteiger partial charge in [-0.2, -0.15) is 0 Å². The number of nitrogens with one attached hydrogen (secondary N) is 2. The van der Waals surface area contributed by atoms with Crippen LogP contribution in [-0.4, -0.2) is 30.4 Å². The van der Waals surface area contributed by atoms with Crippen molar-refractivity contribution in [3.05, 3.63) is 29.8 Å². The van der Waals surface area contributed by atoms with Crippen LogP contribution in [0.3, 0.4) is 0 Å². The summed E-state index contributed by atoms with van der Waals surface area (Å²) in [7, 11) is 0. The van der Waals surface area contributed by atoms with Gasteiger partial charge in [0.05, 0.1) is 19.3 Å². The smallest absolute Gasteiger partial charge is 0.315 e. The van der Waals surface area contributed by atoms with Crippen molar-refractivity contribution in [2.45, 2.75) is 26.4 Å². The Hall–Kier alpha value is -1.75. The van der Waals surface area contributed by atoms with Gasteiger partial charge in [0.1, 0.15) is 5.75 Å². The minimum absolute atomic E-state index is 0.0804. The Kier molecular flexibility index (Phi) is 6.00. The van der Waals surface area contributed by atoms with Gasteiger partial charge in [-0.1, -0.05) is 18.2 Å². The lowest BCUT2D eigenvalue weighted by molar-refractivity contribution is 0.220. The molecule has 18 heavy (non-hydrogen) atoms. The Morgan fingerprint density at radius 1 is 1.44 bits per heavy atom. The summed E-state index contributed by atoms with van der Waals surface area (Å²) in [6.07, 6.45) is 0. The summed E-state index contributed by atoms with van der Waals surface area (Å²) < 4.78 is 5.46. The highest BCUT2D eigenvalue weighted by molar-refractivity contribution is 5.74. The maximum Gasteiger partial charge on any atom is 0.315 e. The maximum atomic E-state index is 11.5. The fourth-order valence-electron chi connectivity index (χ4n) is 1.44. The normalized spacial score (nSPS) is 11.7. The summed E-state index contributed by atoms with van der Waals surface area (Å²) in [5.74, 6) is 0.774. The van der Waals surface area contributed by atoms with E-state index in [1.54, 1.807) is 6.92 Å². The zero-order valence-corrected chi connectivity index (χ0v) is 10.8. The van der Waals surface area contributed by atoms with Crippen molar-refractivity contribution in [3.8, 4) is 5.75 Å². The van der Waals surface area contributed by atoms with E-state index in [0.717, 1.165) is 11.3 Å². The second kappa shape index (κ2) is 7.55. The molecule has 0 aliphatic carbocycles. The molecule has 0 radical (unpaired) electrons. The molecule has 5 nitrogen and oxygen atoms in total. The first-order chi connectivity index (χ1) is 8.67. The number of aliphatic hydroxyl groups is 1. The van der Waals surface area contributed by atoms with Crippen LogP contribution >= 0.6 is 0 Å². The lowest BCUT2D eigenvalue weighted by Crippen LogP contribution is -2.41. The van der Waals surface area contributed by atoms with Crippen LogP contribution in [0.1, 0.15) is 19.4 Å². The molecule has 1 aromatic carbocycles. The quantitative estimate of drug-likeness (QED) is 0.714. The Balaban J connectivity index is 2.50. The molecule has 0 heterocycles. The Morgan fingerprint density at radius 3 is 2.83 bits per heavy atom. The van der Waals surface area contributed by atoms with Crippen LogP contribution in [0, 0.1) is 0 Å². The van der Waals surface area contributed by atoms with Crippen LogP contribution in [0.5, 0.6) is 5.75 Å². The second-order valence-corrected chi connectivity index (χ2v) is 3.95. The molecule has 100 valence electrons. The molecular formula is C13H20N2O3. The first kappa shape index (κ1) is 14.3. The SMILES string of the molecule is CCOc1ccccc1CNC(=O)N[C@@H](C)CO. The van der Waals surface area contributed by atoms with Crippen molar-refractivity contribution in [1.82, 2.24) is 10.6 Å². The van der Waals surface area contributed by atoms with E-state index in [-0.39, 0.29) is 18.7 Å². The number of amides is 2. The Bertz CT molecular complexity index is 382. The predicted octanol–water partition coefficient (Wildman–Crippen LogP) is 1.27. The highest BCUT2D eigenvalue weighted by Crippen LogP contribution is 2.17. The Morgan fingerprint density at radius 2 is 2.17 bits per heavy atom. The minimum Gasteiger partial charge on any atom is -0.494 e. The number of rotatable bonds is 6. The predicted molar refractivity (Wildman–Crippen MR) is 69.5 cm³/mol. The third-order valence-electron chi connectivity index (χ3n) is 2.36. The molecule has 0 bridgehead atoms. The fourth-order valence-corrected chi connectivity index (χ4v) is 1.44. The number of ether oxygens (including phenoxy) is 1. The van der Waals surface area contributed by atoms with Crippen molar-refractivity contribution < 1.29 is 14.6 Å². The summed E-state index contributed by atoms with van der Waals surface area (Å²) >= 11 is 0. The molecular weight excluding hydrogens is 232 g/mol. The van der Waals surface area contributed by atoms with Gasteiger partial charge in [0.25, 0.3) is 0 Å². The second-order valence-electron chi connectivity index (χ2n) is 3.95. The average molecular weight is 252 g/mol. The third-order valence-corrected chi connectivity index (χ3v) is 2.36. The molecule has 1 rings (SSSR count). The van der Waals surface area contributed by atoms with Gasteiger partial charge < -0.3 is 20.5 Å². The van der Waals surface area contributed by atoms with Crippen LogP contribution < -0.4 is 15.4 Å². The molecule has 0 fully saturated rings. The highest BCUT2D eigenvalue weighted by Gasteiger charge is 2.07. The van der Waals surface area contributed by atoms with E-state index in [9.17, 15) is 4.79 Å². The average Bonchev–Trinajstić information content (AvgIpc) is 2.38. The number of hydrogen-bond acceptors (Lipinski definition) is 3. The molecule has 0 aliphatic rings. The third kappa shape index (κ3) is 4.63. The topological polar surface area (TPSA) is 70.6 Å². The van der Waals surface area contributed by atoms with Crippen LogP contribution in [0.2, 0.25) is 0 Å². The van der Waals surface area contributed by atoms with Crippen molar-refractivity contribution in [1.29, 1.82) is 0 Å². The van der Waals surface area contributed by atoms with E-state index >= 15 is 0 Å². The van der Waals surface area contributed by atoms with Crippen LogP contribution in [0.15, 0.2) is 24.3 Å². The van der Waals surface area contributed by atoms with Crippen molar-refractivity contribution in [2.24, 2.45) is 0 Å². The zero-order chi connectivity index (χ0) is 13.4. The van der Waals surface area contributed by atoms with Gasteiger partial charge >= 0.3 is 6.03 Å². The van der Waals surface area contributed by atoms with Crippen LogP contribution in [0.25, 0.3) is 0 Å². The Labute approximate surface area is 107 Å². The van der Waals surface area contributed by atoms with Gasteiger partial charge in [-0.15, -0.1) is 0 Å². The van der Waals surface area contributed by atoms with E-state index in [4.69, 9.17) is 9.84 Å². The monoisotopic (exact) mass is 252 g/mol. The molecule has 0 saturated carbocycles. The maximum absolute atomic E-state index is 11.5. The van der Waals surface area contributed by atoms with Crippen LogP contribution in [-0.2, 0) is 6.54 Å². The lowest BCUT2D eigenvalue weighted by atomic mass is 10.2. The highest BCUT2D eigenvalue weighted by atomic mass is 16.5. The summed E-state index contributed by atoms with van der Waals surface area (Å²) in [6.45, 7) is 4.54. The molecule has 5 heteroatoms. The first-order valence-corrected chi connectivity index (χ1v) is 6.03. The summed E-state index contributed by atoms with van der Waals surface area (Å²) in [5.41, 5.74) is 0.922. The molecule has 0 aliphatic heterocycles.